The molecule has 0 saturated carbocycles. The summed E-state index contributed by atoms with van der Waals surface area (Å²) < 4.78 is 5.23. The minimum absolute atomic E-state index is 0.00949. The number of rotatable bonds is 6. The average Bonchev–Trinajstić information content (AvgIpc) is 2.98. The predicted molar refractivity (Wildman–Crippen MR) is 84.5 cm³/mol. The van der Waals surface area contributed by atoms with E-state index in [0.717, 1.165) is 5.76 Å². The summed E-state index contributed by atoms with van der Waals surface area (Å²) in [6, 6.07) is 10.6. The third-order valence-electron chi connectivity index (χ3n) is 2.98. The Morgan fingerprint density at radius 3 is 2.52 bits per heavy atom. The van der Waals surface area contributed by atoms with Gasteiger partial charge in [-0.3, -0.25) is 9.59 Å². The van der Waals surface area contributed by atoms with Crippen LogP contribution in [0.4, 0.5) is 5.69 Å². The van der Waals surface area contributed by atoms with Crippen molar-refractivity contribution < 1.29 is 14.0 Å². The maximum Gasteiger partial charge on any atom is 0.237 e. The van der Waals surface area contributed by atoms with Gasteiger partial charge in [-0.2, -0.15) is 0 Å². The molecule has 21 heavy (non-hydrogen) atoms. The first kappa shape index (κ1) is 15.4. The summed E-state index contributed by atoms with van der Waals surface area (Å²) in [6.07, 6.45) is 1.62. The SMILES string of the molecule is CC(=O)c1ccc(NC(=O)[C@H](C)SCc2ccco2)cc1. The van der Waals surface area contributed by atoms with Gasteiger partial charge in [-0.1, -0.05) is 0 Å². The number of amides is 1. The number of hydrogen-bond donors (Lipinski definition) is 1. The molecule has 0 aliphatic heterocycles. The molecule has 1 aromatic carbocycles. The minimum Gasteiger partial charge on any atom is -0.468 e. The molecule has 4 nitrogen and oxygen atoms in total. The second-order valence-electron chi connectivity index (χ2n) is 4.66. The number of thioether (sulfide) groups is 1. The van der Waals surface area contributed by atoms with Gasteiger partial charge in [0.2, 0.25) is 5.91 Å². The fourth-order valence-corrected chi connectivity index (χ4v) is 2.50. The van der Waals surface area contributed by atoms with Gasteiger partial charge in [0, 0.05) is 11.3 Å². The van der Waals surface area contributed by atoms with E-state index in [-0.39, 0.29) is 16.9 Å². The molecule has 1 aromatic heterocycles. The van der Waals surface area contributed by atoms with Crippen molar-refractivity contribution in [1.82, 2.24) is 0 Å². The van der Waals surface area contributed by atoms with Gasteiger partial charge >= 0.3 is 0 Å². The summed E-state index contributed by atoms with van der Waals surface area (Å²) >= 11 is 1.51. The van der Waals surface area contributed by atoms with Gasteiger partial charge in [-0.15, -0.1) is 11.8 Å². The van der Waals surface area contributed by atoms with E-state index in [1.165, 1.54) is 18.7 Å². The van der Waals surface area contributed by atoms with Crippen LogP contribution >= 0.6 is 11.8 Å². The lowest BCUT2D eigenvalue weighted by atomic mass is 10.1. The first-order chi connectivity index (χ1) is 10.1. The lowest BCUT2D eigenvalue weighted by Gasteiger charge is -2.11. The number of carbonyl (C=O) groups is 2. The number of anilines is 1. The van der Waals surface area contributed by atoms with E-state index in [1.54, 1.807) is 30.5 Å². The van der Waals surface area contributed by atoms with Crippen LogP contribution in [0.3, 0.4) is 0 Å². The lowest BCUT2D eigenvalue weighted by Crippen LogP contribution is -2.22. The molecule has 1 atom stereocenters. The van der Waals surface area contributed by atoms with Crippen molar-refractivity contribution in [1.29, 1.82) is 0 Å². The van der Waals surface area contributed by atoms with Crippen LogP contribution < -0.4 is 5.32 Å². The molecule has 1 N–H and O–H groups in total. The third kappa shape index (κ3) is 4.49. The van der Waals surface area contributed by atoms with E-state index < -0.39 is 0 Å². The molecule has 0 bridgehead atoms. The number of ketones is 1. The van der Waals surface area contributed by atoms with Crippen LogP contribution in [0.25, 0.3) is 0 Å². The molecule has 1 amide bonds. The van der Waals surface area contributed by atoms with Crippen LogP contribution in [-0.2, 0) is 10.5 Å². The third-order valence-corrected chi connectivity index (χ3v) is 4.15. The standard InChI is InChI=1S/C16H17NO3S/c1-11(18)13-5-7-14(8-6-13)17-16(19)12(2)21-10-15-4-3-9-20-15/h3-9,12H,10H2,1-2H3,(H,17,19)/t12-/m0/s1. The number of nitrogens with one attached hydrogen (secondary N) is 1. The molecular weight excluding hydrogens is 286 g/mol. The van der Waals surface area contributed by atoms with E-state index >= 15 is 0 Å². The number of hydrogen-bond acceptors (Lipinski definition) is 4. The molecule has 1 heterocycles. The monoisotopic (exact) mass is 303 g/mol. The molecule has 0 fully saturated rings. The highest BCUT2D eigenvalue weighted by Crippen LogP contribution is 2.19. The number of benzene rings is 1. The number of furan rings is 1. The van der Waals surface area contributed by atoms with Gasteiger partial charge in [0.1, 0.15) is 5.76 Å². The Morgan fingerprint density at radius 2 is 1.95 bits per heavy atom. The molecular formula is C16H17NO3S. The molecule has 0 aliphatic carbocycles. The fourth-order valence-electron chi connectivity index (χ4n) is 1.71. The Balaban J connectivity index is 1.86. The van der Waals surface area contributed by atoms with Crippen molar-refractivity contribution in [2.45, 2.75) is 24.9 Å². The van der Waals surface area contributed by atoms with E-state index in [1.807, 2.05) is 19.1 Å². The van der Waals surface area contributed by atoms with Gasteiger partial charge < -0.3 is 9.73 Å². The first-order valence-corrected chi connectivity index (χ1v) is 7.67. The molecule has 0 aliphatic rings. The van der Waals surface area contributed by atoms with Crippen molar-refractivity contribution in [3.05, 3.63) is 54.0 Å². The van der Waals surface area contributed by atoms with Crippen molar-refractivity contribution in [3.8, 4) is 0 Å². The van der Waals surface area contributed by atoms with Crippen LogP contribution in [0.15, 0.2) is 47.1 Å². The molecule has 0 spiro atoms. The molecule has 0 saturated heterocycles. The maximum absolute atomic E-state index is 12.1. The Kier molecular flexibility index (Phi) is 5.22. The van der Waals surface area contributed by atoms with Crippen LogP contribution in [0.1, 0.15) is 30.0 Å². The van der Waals surface area contributed by atoms with Crippen LogP contribution in [-0.4, -0.2) is 16.9 Å². The predicted octanol–water partition coefficient (Wildman–Crippen LogP) is 3.74. The molecule has 2 aromatic rings. The number of carbonyl (C=O) groups excluding carboxylic acids is 2. The second-order valence-corrected chi connectivity index (χ2v) is 5.98. The van der Waals surface area contributed by atoms with E-state index in [2.05, 4.69) is 5.32 Å². The van der Waals surface area contributed by atoms with Crippen molar-refractivity contribution in [2.24, 2.45) is 0 Å². The van der Waals surface area contributed by atoms with E-state index in [9.17, 15) is 9.59 Å². The Bertz CT molecular complexity index is 605. The Hall–Kier alpha value is -2.01. The normalized spacial score (nSPS) is 11.9. The smallest absolute Gasteiger partial charge is 0.237 e. The van der Waals surface area contributed by atoms with Gasteiger partial charge in [0.25, 0.3) is 0 Å². The zero-order valence-electron chi connectivity index (χ0n) is 12.0. The summed E-state index contributed by atoms with van der Waals surface area (Å²) in [4.78, 5) is 23.2. The average molecular weight is 303 g/mol. The summed E-state index contributed by atoms with van der Waals surface area (Å²) in [6.45, 7) is 3.37. The molecule has 0 unspecified atom stereocenters. The molecule has 0 radical (unpaired) electrons. The highest BCUT2D eigenvalue weighted by molar-refractivity contribution is 7.99. The molecule has 110 valence electrons. The van der Waals surface area contributed by atoms with Crippen LogP contribution in [0, 0.1) is 0 Å². The summed E-state index contributed by atoms with van der Waals surface area (Å²) in [5.41, 5.74) is 1.32. The molecule has 5 heteroatoms. The topological polar surface area (TPSA) is 59.3 Å². The lowest BCUT2D eigenvalue weighted by molar-refractivity contribution is -0.115. The van der Waals surface area contributed by atoms with Crippen molar-refractivity contribution >= 4 is 29.1 Å². The summed E-state index contributed by atoms with van der Waals surface area (Å²) in [7, 11) is 0. The minimum atomic E-state index is -0.192. The van der Waals surface area contributed by atoms with E-state index in [0.29, 0.717) is 17.0 Å². The van der Waals surface area contributed by atoms with Crippen LogP contribution in [0.5, 0.6) is 0 Å². The number of Topliss-reactive ketones (excluding diaryl/α,β-unsaturated/α-hetero) is 1. The van der Waals surface area contributed by atoms with Gasteiger partial charge in [0.15, 0.2) is 5.78 Å². The first-order valence-electron chi connectivity index (χ1n) is 6.62. The zero-order valence-corrected chi connectivity index (χ0v) is 12.8. The largest absolute Gasteiger partial charge is 0.468 e. The summed E-state index contributed by atoms with van der Waals surface area (Å²) in [5.74, 6) is 1.45. The highest BCUT2D eigenvalue weighted by atomic mass is 32.2. The van der Waals surface area contributed by atoms with Gasteiger partial charge in [-0.05, 0) is 50.2 Å². The van der Waals surface area contributed by atoms with Gasteiger partial charge in [-0.25, -0.2) is 0 Å². The summed E-state index contributed by atoms with van der Waals surface area (Å²) in [5, 5.41) is 2.64. The Morgan fingerprint density at radius 1 is 1.24 bits per heavy atom. The van der Waals surface area contributed by atoms with Crippen LogP contribution in [0.2, 0.25) is 0 Å². The quantitative estimate of drug-likeness (QED) is 0.826. The van der Waals surface area contributed by atoms with Crippen molar-refractivity contribution in [2.75, 3.05) is 5.32 Å². The van der Waals surface area contributed by atoms with Crippen molar-refractivity contribution in [3.63, 3.8) is 0 Å². The molecule has 2 rings (SSSR count). The highest BCUT2D eigenvalue weighted by Gasteiger charge is 2.14. The fraction of sp³-hybridized carbons (Fsp3) is 0.250. The maximum atomic E-state index is 12.1. The van der Waals surface area contributed by atoms with E-state index in [4.69, 9.17) is 4.42 Å². The zero-order chi connectivity index (χ0) is 15.2. The Labute approximate surface area is 127 Å². The van der Waals surface area contributed by atoms with Gasteiger partial charge in [0.05, 0.1) is 17.3 Å². The second kappa shape index (κ2) is 7.13.